The van der Waals surface area contributed by atoms with Crippen molar-refractivity contribution in [1.82, 2.24) is 10.6 Å². The van der Waals surface area contributed by atoms with Crippen LogP contribution in [0.3, 0.4) is 0 Å². The number of anilines is 2. The van der Waals surface area contributed by atoms with E-state index in [-0.39, 0.29) is 10.8 Å². The number of sulfonamides is 1. The summed E-state index contributed by atoms with van der Waals surface area (Å²) in [6.07, 6.45) is 0. The van der Waals surface area contributed by atoms with Gasteiger partial charge < -0.3 is 15.5 Å². The first kappa shape index (κ1) is 21.1. The van der Waals surface area contributed by atoms with Crippen molar-refractivity contribution < 1.29 is 13.2 Å². The highest BCUT2D eigenvalue weighted by Gasteiger charge is 2.21. The van der Waals surface area contributed by atoms with E-state index in [1.807, 2.05) is 26.0 Å². The van der Waals surface area contributed by atoms with Gasteiger partial charge in [0.25, 0.3) is 15.9 Å². The summed E-state index contributed by atoms with van der Waals surface area (Å²) in [7, 11) is -3.76. The molecule has 8 heteroatoms. The summed E-state index contributed by atoms with van der Waals surface area (Å²) in [5, 5.41) is 6.12. The van der Waals surface area contributed by atoms with E-state index < -0.39 is 10.0 Å². The van der Waals surface area contributed by atoms with Crippen LogP contribution in [0.15, 0.2) is 41.3 Å². The summed E-state index contributed by atoms with van der Waals surface area (Å²) in [5.41, 5.74) is 3.19. The summed E-state index contributed by atoms with van der Waals surface area (Å²) in [4.78, 5) is 15.0. The van der Waals surface area contributed by atoms with Crippen LogP contribution in [0.1, 0.15) is 28.4 Å². The van der Waals surface area contributed by atoms with E-state index >= 15 is 0 Å². The maximum Gasteiger partial charge on any atom is 0.262 e. The number of nitrogens with zero attached hydrogens (tertiary/aromatic N) is 1. The molecule has 1 aliphatic heterocycles. The number of aryl methyl sites for hydroxylation is 2. The number of hydrogen-bond donors (Lipinski definition) is 3. The molecule has 1 heterocycles. The molecule has 0 atom stereocenters. The summed E-state index contributed by atoms with van der Waals surface area (Å²) in [5.74, 6) is -0.214. The van der Waals surface area contributed by atoms with Crippen LogP contribution in [0.2, 0.25) is 0 Å². The molecule has 7 nitrogen and oxygen atoms in total. The molecule has 0 radical (unpaired) electrons. The number of rotatable bonds is 6. The van der Waals surface area contributed by atoms with Gasteiger partial charge in [-0.2, -0.15) is 0 Å². The molecule has 1 saturated heterocycles. The number of hydrogen-bond acceptors (Lipinski definition) is 5. The fourth-order valence-electron chi connectivity index (χ4n) is 3.43. The first-order chi connectivity index (χ1) is 13.8. The zero-order valence-electron chi connectivity index (χ0n) is 17.1. The molecule has 1 aliphatic rings. The van der Waals surface area contributed by atoms with Crippen molar-refractivity contribution >= 4 is 27.3 Å². The molecular weight excluding hydrogens is 388 g/mol. The summed E-state index contributed by atoms with van der Waals surface area (Å²) < 4.78 is 28.5. The van der Waals surface area contributed by atoms with Crippen LogP contribution in [0.5, 0.6) is 0 Å². The van der Waals surface area contributed by atoms with Crippen LogP contribution in [-0.2, 0) is 10.0 Å². The number of nitrogens with one attached hydrogen (secondary N) is 3. The molecule has 0 saturated carbocycles. The third-order valence-corrected chi connectivity index (χ3v) is 6.44. The molecule has 1 fully saturated rings. The van der Waals surface area contributed by atoms with Crippen LogP contribution in [-0.4, -0.2) is 47.0 Å². The first-order valence-electron chi connectivity index (χ1n) is 9.80. The van der Waals surface area contributed by atoms with E-state index in [1.54, 1.807) is 31.2 Å². The van der Waals surface area contributed by atoms with E-state index in [0.29, 0.717) is 23.4 Å². The van der Waals surface area contributed by atoms with Crippen molar-refractivity contribution in [1.29, 1.82) is 0 Å². The normalized spacial score (nSPS) is 14.5. The third kappa shape index (κ3) is 4.89. The quantitative estimate of drug-likeness (QED) is 0.672. The molecule has 156 valence electrons. The molecule has 1 amide bonds. The van der Waals surface area contributed by atoms with Gasteiger partial charge >= 0.3 is 0 Å². The monoisotopic (exact) mass is 416 g/mol. The van der Waals surface area contributed by atoms with Crippen molar-refractivity contribution in [2.24, 2.45) is 0 Å². The van der Waals surface area contributed by atoms with Gasteiger partial charge in [-0.05, 0) is 56.2 Å². The molecule has 0 aromatic heterocycles. The summed E-state index contributed by atoms with van der Waals surface area (Å²) in [6, 6.07) is 10.5. The Kier molecular flexibility index (Phi) is 6.44. The average molecular weight is 417 g/mol. The Bertz CT molecular complexity index is 999. The maximum absolute atomic E-state index is 12.9. The Balaban J connectivity index is 1.96. The predicted octanol–water partition coefficient (Wildman–Crippen LogP) is 2.26. The maximum atomic E-state index is 12.9. The van der Waals surface area contributed by atoms with Gasteiger partial charge in [0.05, 0.1) is 10.5 Å². The molecule has 3 N–H and O–H groups in total. The van der Waals surface area contributed by atoms with E-state index in [2.05, 4.69) is 20.3 Å². The zero-order chi connectivity index (χ0) is 21.0. The third-order valence-electron chi connectivity index (χ3n) is 4.92. The number of piperazine rings is 1. The Morgan fingerprint density at radius 1 is 1.10 bits per heavy atom. The topological polar surface area (TPSA) is 90.5 Å². The van der Waals surface area contributed by atoms with Crippen molar-refractivity contribution in [3.63, 3.8) is 0 Å². The van der Waals surface area contributed by atoms with Gasteiger partial charge in [-0.15, -0.1) is 0 Å². The molecule has 2 aromatic carbocycles. The highest BCUT2D eigenvalue weighted by atomic mass is 32.2. The molecule has 0 bridgehead atoms. The van der Waals surface area contributed by atoms with Crippen LogP contribution in [0.4, 0.5) is 11.4 Å². The second-order valence-corrected chi connectivity index (χ2v) is 8.85. The molecule has 0 spiro atoms. The van der Waals surface area contributed by atoms with Crippen LogP contribution in [0.25, 0.3) is 0 Å². The molecule has 0 aliphatic carbocycles. The van der Waals surface area contributed by atoms with Crippen molar-refractivity contribution in [3.8, 4) is 0 Å². The van der Waals surface area contributed by atoms with Crippen molar-refractivity contribution in [3.05, 3.63) is 53.1 Å². The van der Waals surface area contributed by atoms with Gasteiger partial charge in [0.1, 0.15) is 0 Å². The minimum atomic E-state index is -3.76. The lowest BCUT2D eigenvalue weighted by molar-refractivity contribution is 0.0956. The SMILES string of the molecule is CCNC(=O)c1cc(NS(=O)(=O)c2cc(C)ccc2C)ccc1N1CCNCC1. The fraction of sp³-hybridized carbons (Fsp3) is 0.381. The van der Waals surface area contributed by atoms with Gasteiger partial charge in [0.2, 0.25) is 0 Å². The summed E-state index contributed by atoms with van der Waals surface area (Å²) >= 11 is 0. The van der Waals surface area contributed by atoms with Crippen LogP contribution in [0, 0.1) is 13.8 Å². The van der Waals surface area contributed by atoms with E-state index in [1.165, 1.54) is 0 Å². The Morgan fingerprint density at radius 3 is 2.52 bits per heavy atom. The number of carbonyl (C=O) groups excluding carboxylic acids is 1. The molecule has 3 rings (SSSR count). The second-order valence-electron chi connectivity index (χ2n) is 7.20. The smallest absolute Gasteiger partial charge is 0.262 e. The van der Waals surface area contributed by atoms with Crippen LogP contribution >= 0.6 is 0 Å². The largest absolute Gasteiger partial charge is 0.368 e. The average Bonchev–Trinajstić information content (AvgIpc) is 2.70. The Morgan fingerprint density at radius 2 is 1.83 bits per heavy atom. The number of carbonyl (C=O) groups is 1. The highest BCUT2D eigenvalue weighted by molar-refractivity contribution is 7.92. The second kappa shape index (κ2) is 8.84. The standard InChI is InChI=1S/C21H28N4O3S/c1-4-23-21(26)18-14-17(7-8-19(18)25-11-9-22-10-12-25)24-29(27,28)20-13-15(2)5-6-16(20)3/h5-8,13-14,22,24H,4,9-12H2,1-3H3,(H,23,26). The van der Waals surface area contributed by atoms with Crippen molar-refractivity contribution in [2.45, 2.75) is 25.7 Å². The number of benzene rings is 2. The van der Waals surface area contributed by atoms with E-state index in [9.17, 15) is 13.2 Å². The lowest BCUT2D eigenvalue weighted by Gasteiger charge is -2.31. The molecule has 29 heavy (non-hydrogen) atoms. The van der Waals surface area contributed by atoms with Gasteiger partial charge in [-0.25, -0.2) is 8.42 Å². The summed E-state index contributed by atoms with van der Waals surface area (Å²) in [6.45, 7) is 9.24. The Hall–Kier alpha value is -2.58. The van der Waals surface area contributed by atoms with Crippen LogP contribution < -0.4 is 20.3 Å². The van der Waals surface area contributed by atoms with Gasteiger partial charge in [-0.1, -0.05) is 12.1 Å². The lowest BCUT2D eigenvalue weighted by Crippen LogP contribution is -2.44. The van der Waals surface area contributed by atoms with E-state index in [0.717, 1.165) is 37.4 Å². The minimum Gasteiger partial charge on any atom is -0.368 e. The minimum absolute atomic E-state index is 0.214. The predicted molar refractivity (Wildman–Crippen MR) is 116 cm³/mol. The zero-order valence-corrected chi connectivity index (χ0v) is 17.9. The molecule has 2 aromatic rings. The van der Waals surface area contributed by atoms with Gasteiger partial charge in [-0.3, -0.25) is 9.52 Å². The van der Waals surface area contributed by atoms with E-state index in [4.69, 9.17) is 0 Å². The fourth-order valence-corrected chi connectivity index (χ4v) is 4.81. The number of amides is 1. The van der Waals surface area contributed by atoms with Gasteiger partial charge in [0.15, 0.2) is 0 Å². The van der Waals surface area contributed by atoms with Gasteiger partial charge in [0, 0.05) is 44.1 Å². The van der Waals surface area contributed by atoms with Crippen molar-refractivity contribution in [2.75, 3.05) is 42.3 Å². The first-order valence-corrected chi connectivity index (χ1v) is 11.3. The molecule has 0 unspecified atom stereocenters. The highest BCUT2D eigenvalue weighted by Crippen LogP contribution is 2.27. The molecular formula is C21H28N4O3S. The lowest BCUT2D eigenvalue weighted by atomic mass is 10.1. The Labute approximate surface area is 172 Å².